The number of nitrogens with zero attached hydrogens (tertiary/aromatic N) is 2. The Balaban J connectivity index is 2.44. The second-order valence-corrected chi connectivity index (χ2v) is 6.09. The van der Waals surface area contributed by atoms with Gasteiger partial charge >= 0.3 is 0 Å². The molecule has 1 amide bonds. The molecule has 1 N–H and O–H groups in total. The summed E-state index contributed by atoms with van der Waals surface area (Å²) in [5.74, 6) is 0.0614. The highest BCUT2D eigenvalue weighted by Gasteiger charge is 2.09. The van der Waals surface area contributed by atoms with Crippen molar-refractivity contribution in [3.63, 3.8) is 0 Å². The van der Waals surface area contributed by atoms with E-state index < -0.39 is 9.84 Å². The molecule has 0 saturated heterocycles. The van der Waals surface area contributed by atoms with E-state index in [1.54, 1.807) is 6.92 Å². The number of hydrogen-bond acceptors (Lipinski definition) is 6. The van der Waals surface area contributed by atoms with Gasteiger partial charge in [-0.3, -0.25) is 4.79 Å². The predicted molar refractivity (Wildman–Crippen MR) is 57.6 cm³/mol. The van der Waals surface area contributed by atoms with Crippen molar-refractivity contribution in [2.75, 3.05) is 17.3 Å². The molecule has 0 aliphatic rings. The van der Waals surface area contributed by atoms with Crippen LogP contribution in [-0.4, -0.2) is 35.7 Å². The maximum atomic E-state index is 11.2. The maximum Gasteiger partial charge on any atom is 0.227 e. The SMILES string of the molecule is Cc1nsc(NC(=O)CCS(C)(=O)=O)n1. The summed E-state index contributed by atoms with van der Waals surface area (Å²) < 4.78 is 25.4. The van der Waals surface area contributed by atoms with Gasteiger partial charge in [0, 0.05) is 24.2 Å². The molecule has 15 heavy (non-hydrogen) atoms. The molecule has 0 saturated carbocycles. The topological polar surface area (TPSA) is 89.0 Å². The minimum Gasteiger partial charge on any atom is -0.301 e. The van der Waals surface area contributed by atoms with E-state index in [1.807, 2.05) is 0 Å². The summed E-state index contributed by atoms with van der Waals surface area (Å²) in [6.45, 7) is 1.71. The molecule has 0 aromatic carbocycles. The van der Waals surface area contributed by atoms with E-state index >= 15 is 0 Å². The van der Waals surface area contributed by atoms with Crippen LogP contribution in [0.15, 0.2) is 0 Å². The second kappa shape index (κ2) is 4.67. The lowest BCUT2D eigenvalue weighted by Crippen LogP contribution is -2.16. The van der Waals surface area contributed by atoms with Crippen molar-refractivity contribution >= 4 is 32.4 Å². The van der Waals surface area contributed by atoms with Gasteiger partial charge in [0.05, 0.1) is 5.75 Å². The fraction of sp³-hybridized carbons (Fsp3) is 0.571. The number of carbonyl (C=O) groups is 1. The first-order valence-electron chi connectivity index (χ1n) is 4.15. The Morgan fingerprint density at radius 1 is 1.53 bits per heavy atom. The summed E-state index contributed by atoms with van der Waals surface area (Å²) in [5.41, 5.74) is 0. The minimum absolute atomic E-state index is 0.0581. The fourth-order valence-electron chi connectivity index (χ4n) is 0.808. The molecular weight excluding hydrogens is 238 g/mol. The van der Waals surface area contributed by atoms with Gasteiger partial charge in [0.1, 0.15) is 15.7 Å². The van der Waals surface area contributed by atoms with E-state index in [9.17, 15) is 13.2 Å². The second-order valence-electron chi connectivity index (χ2n) is 3.07. The van der Waals surface area contributed by atoms with Crippen LogP contribution >= 0.6 is 11.5 Å². The molecule has 0 bridgehead atoms. The van der Waals surface area contributed by atoms with Crippen molar-refractivity contribution in [2.24, 2.45) is 0 Å². The Kier molecular flexibility index (Phi) is 3.75. The third-order valence-corrected chi connectivity index (χ3v) is 3.14. The summed E-state index contributed by atoms with van der Waals surface area (Å²) in [4.78, 5) is 15.2. The summed E-state index contributed by atoms with van der Waals surface area (Å²) in [7, 11) is -3.10. The normalized spacial score (nSPS) is 11.3. The zero-order valence-electron chi connectivity index (χ0n) is 8.35. The largest absolute Gasteiger partial charge is 0.301 e. The summed E-state index contributed by atoms with van der Waals surface area (Å²) in [6.07, 6.45) is 1.03. The molecule has 0 aliphatic carbocycles. The zero-order valence-corrected chi connectivity index (χ0v) is 9.98. The van der Waals surface area contributed by atoms with E-state index in [0.29, 0.717) is 11.0 Å². The standard InChI is InChI=1S/C7H11N3O3S2/c1-5-8-7(14-10-5)9-6(11)3-4-15(2,12)13/h3-4H2,1-2H3,(H,8,9,10,11). The number of aryl methyl sites for hydroxylation is 1. The van der Waals surface area contributed by atoms with Crippen LogP contribution in [0.5, 0.6) is 0 Å². The number of aromatic nitrogens is 2. The maximum absolute atomic E-state index is 11.2. The average Bonchev–Trinajstić information content (AvgIpc) is 2.47. The lowest BCUT2D eigenvalue weighted by Gasteiger charge is -1.99. The van der Waals surface area contributed by atoms with E-state index in [2.05, 4.69) is 14.7 Å². The first-order valence-corrected chi connectivity index (χ1v) is 6.98. The van der Waals surface area contributed by atoms with Crippen LogP contribution in [-0.2, 0) is 14.6 Å². The van der Waals surface area contributed by atoms with Crippen LogP contribution < -0.4 is 5.32 Å². The highest BCUT2D eigenvalue weighted by molar-refractivity contribution is 7.90. The third-order valence-electron chi connectivity index (χ3n) is 1.47. The van der Waals surface area contributed by atoms with Crippen LogP contribution in [0.4, 0.5) is 5.13 Å². The molecule has 1 rings (SSSR count). The Bertz CT molecular complexity index is 452. The summed E-state index contributed by atoms with van der Waals surface area (Å²) >= 11 is 1.07. The molecule has 84 valence electrons. The number of anilines is 1. The van der Waals surface area contributed by atoms with Crippen molar-refractivity contribution < 1.29 is 13.2 Å². The molecule has 8 heteroatoms. The van der Waals surface area contributed by atoms with E-state index in [-0.39, 0.29) is 18.1 Å². The third kappa shape index (κ3) is 4.84. The number of nitrogens with one attached hydrogen (secondary N) is 1. The highest BCUT2D eigenvalue weighted by atomic mass is 32.2. The molecule has 0 unspecified atom stereocenters. The molecule has 0 fully saturated rings. The van der Waals surface area contributed by atoms with Gasteiger partial charge < -0.3 is 5.32 Å². The monoisotopic (exact) mass is 249 g/mol. The fourth-order valence-corrected chi connectivity index (χ4v) is 1.96. The molecule has 0 atom stereocenters. The van der Waals surface area contributed by atoms with E-state index in [4.69, 9.17) is 0 Å². The van der Waals surface area contributed by atoms with Gasteiger partial charge in [-0.2, -0.15) is 4.37 Å². The van der Waals surface area contributed by atoms with Gasteiger partial charge in [-0.05, 0) is 6.92 Å². The summed E-state index contributed by atoms with van der Waals surface area (Å²) in [6, 6.07) is 0. The van der Waals surface area contributed by atoms with Crippen molar-refractivity contribution in [1.82, 2.24) is 9.36 Å². The number of sulfone groups is 1. The molecule has 1 heterocycles. The van der Waals surface area contributed by atoms with Crippen LogP contribution in [0.25, 0.3) is 0 Å². The van der Waals surface area contributed by atoms with Gasteiger partial charge in [0.25, 0.3) is 0 Å². The molecular formula is C7H11N3O3S2. The van der Waals surface area contributed by atoms with Gasteiger partial charge in [0.15, 0.2) is 0 Å². The molecule has 6 nitrogen and oxygen atoms in total. The van der Waals surface area contributed by atoms with Crippen molar-refractivity contribution in [1.29, 1.82) is 0 Å². The van der Waals surface area contributed by atoms with Crippen molar-refractivity contribution in [3.8, 4) is 0 Å². The van der Waals surface area contributed by atoms with E-state index in [0.717, 1.165) is 17.8 Å². The Morgan fingerprint density at radius 2 is 2.20 bits per heavy atom. The highest BCUT2D eigenvalue weighted by Crippen LogP contribution is 2.10. The Labute approximate surface area is 91.8 Å². The van der Waals surface area contributed by atoms with E-state index in [1.165, 1.54) is 0 Å². The quantitative estimate of drug-likeness (QED) is 0.824. The number of hydrogen-bond donors (Lipinski definition) is 1. The smallest absolute Gasteiger partial charge is 0.227 e. The van der Waals surface area contributed by atoms with Gasteiger partial charge in [-0.15, -0.1) is 0 Å². The Hall–Kier alpha value is -1.02. The van der Waals surface area contributed by atoms with Crippen molar-refractivity contribution in [3.05, 3.63) is 5.82 Å². The van der Waals surface area contributed by atoms with Gasteiger partial charge in [-0.25, -0.2) is 13.4 Å². The molecule has 0 aliphatic heterocycles. The Morgan fingerprint density at radius 3 is 2.67 bits per heavy atom. The number of rotatable bonds is 4. The number of carbonyl (C=O) groups excluding carboxylic acids is 1. The minimum atomic E-state index is -3.10. The zero-order chi connectivity index (χ0) is 11.5. The molecule has 0 radical (unpaired) electrons. The lowest BCUT2D eigenvalue weighted by atomic mass is 10.5. The molecule has 1 aromatic rings. The van der Waals surface area contributed by atoms with Crippen LogP contribution in [0.2, 0.25) is 0 Å². The molecule has 0 spiro atoms. The van der Waals surface area contributed by atoms with Gasteiger partial charge in [0.2, 0.25) is 11.0 Å². The average molecular weight is 249 g/mol. The van der Waals surface area contributed by atoms with Gasteiger partial charge in [-0.1, -0.05) is 0 Å². The first kappa shape index (κ1) is 12.1. The first-order chi connectivity index (χ1) is 6.87. The lowest BCUT2D eigenvalue weighted by molar-refractivity contribution is -0.115. The van der Waals surface area contributed by atoms with Crippen molar-refractivity contribution in [2.45, 2.75) is 13.3 Å². The van der Waals surface area contributed by atoms with Crippen LogP contribution in [0.3, 0.4) is 0 Å². The summed E-state index contributed by atoms with van der Waals surface area (Å²) in [5, 5.41) is 2.87. The van der Waals surface area contributed by atoms with Crippen LogP contribution in [0, 0.1) is 6.92 Å². The molecule has 1 aromatic heterocycles. The predicted octanol–water partition coefficient (Wildman–Crippen LogP) is 0.220. The number of amides is 1. The van der Waals surface area contributed by atoms with Crippen LogP contribution in [0.1, 0.15) is 12.2 Å².